The summed E-state index contributed by atoms with van der Waals surface area (Å²) in [5, 5.41) is 0. The van der Waals surface area contributed by atoms with Gasteiger partial charge in [-0.25, -0.2) is 0 Å². The third-order valence-corrected chi connectivity index (χ3v) is 4.18. The average Bonchev–Trinajstić information content (AvgIpc) is 3.01. The Bertz CT molecular complexity index is 581. The molecule has 0 aliphatic carbocycles. The molecule has 116 valence electrons. The van der Waals surface area contributed by atoms with Crippen molar-refractivity contribution < 1.29 is 0 Å². The molecule has 0 unspecified atom stereocenters. The molecular formula is C19H25N3. The summed E-state index contributed by atoms with van der Waals surface area (Å²) in [6, 6.07) is 13.1. The van der Waals surface area contributed by atoms with E-state index in [9.17, 15) is 0 Å². The first-order valence-corrected chi connectivity index (χ1v) is 8.12. The van der Waals surface area contributed by atoms with Crippen LogP contribution in [0.3, 0.4) is 0 Å². The van der Waals surface area contributed by atoms with Gasteiger partial charge in [-0.15, -0.1) is 0 Å². The highest BCUT2D eigenvalue weighted by Crippen LogP contribution is 2.19. The van der Waals surface area contributed by atoms with Crippen LogP contribution in [0.4, 0.5) is 0 Å². The highest BCUT2D eigenvalue weighted by Gasteiger charge is 2.11. The van der Waals surface area contributed by atoms with E-state index in [4.69, 9.17) is 0 Å². The fraction of sp³-hybridized carbons (Fsp3) is 0.421. The lowest BCUT2D eigenvalue weighted by Crippen LogP contribution is -2.18. The Morgan fingerprint density at radius 3 is 2.23 bits per heavy atom. The van der Waals surface area contributed by atoms with E-state index < -0.39 is 0 Å². The quantitative estimate of drug-likeness (QED) is 0.842. The Morgan fingerprint density at radius 1 is 0.955 bits per heavy atom. The SMILES string of the molecule is CN(C)Cc1ccc(-c2ccc(CN3CCCC3)cn2)cc1. The Hall–Kier alpha value is -1.71. The van der Waals surface area contributed by atoms with E-state index in [2.05, 4.69) is 65.3 Å². The van der Waals surface area contributed by atoms with Crippen molar-refractivity contribution in [2.75, 3.05) is 27.2 Å². The summed E-state index contributed by atoms with van der Waals surface area (Å²) in [7, 11) is 4.18. The minimum atomic E-state index is 0.975. The van der Waals surface area contributed by atoms with Gasteiger partial charge in [-0.05, 0) is 57.2 Å². The van der Waals surface area contributed by atoms with Crippen LogP contribution in [0.1, 0.15) is 24.0 Å². The van der Waals surface area contributed by atoms with Gasteiger partial charge in [-0.3, -0.25) is 9.88 Å². The first-order chi connectivity index (χ1) is 10.7. The number of hydrogen-bond donors (Lipinski definition) is 0. The normalized spacial score (nSPS) is 15.6. The number of likely N-dealkylation sites (tertiary alicyclic amines) is 1. The summed E-state index contributed by atoms with van der Waals surface area (Å²) in [4.78, 5) is 9.33. The molecule has 3 nitrogen and oxygen atoms in total. The van der Waals surface area contributed by atoms with Gasteiger partial charge in [0.15, 0.2) is 0 Å². The van der Waals surface area contributed by atoms with Gasteiger partial charge in [0.2, 0.25) is 0 Å². The maximum absolute atomic E-state index is 4.64. The molecule has 22 heavy (non-hydrogen) atoms. The van der Waals surface area contributed by atoms with E-state index in [1.807, 2.05) is 6.20 Å². The molecule has 3 heteroatoms. The first-order valence-electron chi connectivity index (χ1n) is 8.12. The average molecular weight is 295 g/mol. The van der Waals surface area contributed by atoms with Crippen LogP contribution < -0.4 is 0 Å². The summed E-state index contributed by atoms with van der Waals surface area (Å²) in [6.45, 7) is 4.47. The van der Waals surface area contributed by atoms with E-state index in [1.165, 1.54) is 42.6 Å². The summed E-state index contributed by atoms with van der Waals surface area (Å²) in [6.07, 6.45) is 4.71. The maximum atomic E-state index is 4.64. The van der Waals surface area contributed by atoms with Crippen molar-refractivity contribution in [2.45, 2.75) is 25.9 Å². The van der Waals surface area contributed by atoms with Crippen molar-refractivity contribution in [1.82, 2.24) is 14.8 Å². The lowest BCUT2D eigenvalue weighted by Gasteiger charge is -2.14. The van der Waals surface area contributed by atoms with Crippen LogP contribution in [0.5, 0.6) is 0 Å². The van der Waals surface area contributed by atoms with E-state index in [0.29, 0.717) is 0 Å². The molecule has 1 aliphatic rings. The fourth-order valence-corrected chi connectivity index (χ4v) is 3.03. The molecule has 0 atom stereocenters. The molecule has 0 spiro atoms. The molecule has 1 aromatic carbocycles. The molecule has 2 heterocycles. The van der Waals surface area contributed by atoms with Crippen molar-refractivity contribution in [3.63, 3.8) is 0 Å². The highest BCUT2D eigenvalue weighted by molar-refractivity contribution is 5.59. The third kappa shape index (κ3) is 3.93. The number of aromatic nitrogens is 1. The molecular weight excluding hydrogens is 270 g/mol. The second kappa shape index (κ2) is 7.03. The molecule has 0 saturated carbocycles. The van der Waals surface area contributed by atoms with Crippen LogP contribution in [0, 0.1) is 0 Å². The van der Waals surface area contributed by atoms with E-state index in [1.54, 1.807) is 0 Å². The molecule has 0 N–H and O–H groups in total. The lowest BCUT2D eigenvalue weighted by atomic mass is 10.1. The molecule has 1 saturated heterocycles. The van der Waals surface area contributed by atoms with Crippen LogP contribution in [0.25, 0.3) is 11.3 Å². The molecule has 0 radical (unpaired) electrons. The predicted octanol–water partition coefficient (Wildman–Crippen LogP) is 3.41. The largest absolute Gasteiger partial charge is 0.305 e. The Balaban J connectivity index is 1.66. The van der Waals surface area contributed by atoms with Crippen LogP contribution >= 0.6 is 0 Å². The fourth-order valence-electron chi connectivity index (χ4n) is 3.03. The highest BCUT2D eigenvalue weighted by atomic mass is 15.1. The molecule has 1 aliphatic heterocycles. The van der Waals surface area contributed by atoms with Gasteiger partial charge in [0.05, 0.1) is 5.69 Å². The van der Waals surface area contributed by atoms with Gasteiger partial charge in [-0.2, -0.15) is 0 Å². The molecule has 2 aromatic rings. The summed E-state index contributed by atoms with van der Waals surface area (Å²) in [5.74, 6) is 0. The van der Waals surface area contributed by atoms with Crippen LogP contribution in [-0.4, -0.2) is 42.0 Å². The van der Waals surface area contributed by atoms with Crippen molar-refractivity contribution in [3.05, 3.63) is 53.7 Å². The lowest BCUT2D eigenvalue weighted by molar-refractivity contribution is 0.331. The minimum Gasteiger partial charge on any atom is -0.305 e. The molecule has 3 rings (SSSR count). The van der Waals surface area contributed by atoms with Crippen LogP contribution in [0.2, 0.25) is 0 Å². The monoisotopic (exact) mass is 295 g/mol. The second-order valence-electron chi connectivity index (χ2n) is 6.47. The van der Waals surface area contributed by atoms with Gasteiger partial charge in [-0.1, -0.05) is 30.3 Å². The van der Waals surface area contributed by atoms with Gasteiger partial charge in [0.1, 0.15) is 0 Å². The summed E-state index contributed by atoms with van der Waals surface area (Å²) < 4.78 is 0. The number of nitrogens with zero attached hydrogens (tertiary/aromatic N) is 3. The molecule has 0 amide bonds. The minimum absolute atomic E-state index is 0.975. The topological polar surface area (TPSA) is 19.4 Å². The molecule has 1 fully saturated rings. The van der Waals surface area contributed by atoms with Crippen molar-refractivity contribution >= 4 is 0 Å². The van der Waals surface area contributed by atoms with Crippen molar-refractivity contribution in [1.29, 1.82) is 0 Å². The zero-order valence-electron chi connectivity index (χ0n) is 13.6. The van der Waals surface area contributed by atoms with Crippen molar-refractivity contribution in [2.24, 2.45) is 0 Å². The first kappa shape index (κ1) is 15.2. The standard InChI is InChI=1S/C19H25N3/c1-21(2)14-16-5-8-18(9-6-16)19-10-7-17(13-20-19)15-22-11-3-4-12-22/h5-10,13H,3-4,11-12,14-15H2,1-2H3. The Morgan fingerprint density at radius 2 is 1.64 bits per heavy atom. The third-order valence-electron chi connectivity index (χ3n) is 4.18. The smallest absolute Gasteiger partial charge is 0.0702 e. The Labute approximate surface area is 133 Å². The number of pyridine rings is 1. The molecule has 1 aromatic heterocycles. The van der Waals surface area contributed by atoms with Crippen LogP contribution in [-0.2, 0) is 13.1 Å². The van der Waals surface area contributed by atoms with Gasteiger partial charge in [0, 0.05) is 24.8 Å². The maximum Gasteiger partial charge on any atom is 0.0702 e. The van der Waals surface area contributed by atoms with Gasteiger partial charge < -0.3 is 4.90 Å². The molecule has 0 bridgehead atoms. The number of benzene rings is 1. The predicted molar refractivity (Wildman–Crippen MR) is 91.6 cm³/mol. The summed E-state index contributed by atoms with van der Waals surface area (Å²) in [5.41, 5.74) is 4.89. The van der Waals surface area contributed by atoms with E-state index in [-0.39, 0.29) is 0 Å². The summed E-state index contributed by atoms with van der Waals surface area (Å²) >= 11 is 0. The van der Waals surface area contributed by atoms with Gasteiger partial charge >= 0.3 is 0 Å². The second-order valence-corrected chi connectivity index (χ2v) is 6.47. The van der Waals surface area contributed by atoms with E-state index in [0.717, 1.165) is 18.8 Å². The number of hydrogen-bond acceptors (Lipinski definition) is 3. The number of rotatable bonds is 5. The van der Waals surface area contributed by atoms with E-state index >= 15 is 0 Å². The van der Waals surface area contributed by atoms with Gasteiger partial charge in [0.25, 0.3) is 0 Å². The van der Waals surface area contributed by atoms with Crippen LogP contribution in [0.15, 0.2) is 42.6 Å². The zero-order valence-corrected chi connectivity index (χ0v) is 13.6. The van der Waals surface area contributed by atoms with Crippen molar-refractivity contribution in [3.8, 4) is 11.3 Å². The Kier molecular flexibility index (Phi) is 4.86. The zero-order chi connectivity index (χ0) is 15.4.